The van der Waals surface area contributed by atoms with Gasteiger partial charge in [-0.25, -0.2) is 8.78 Å². The lowest BCUT2D eigenvalue weighted by Crippen LogP contribution is -2.42. The number of ketones is 2. The molecule has 0 amide bonds. The number of nitrogens with zero attached hydrogens (tertiary/aromatic N) is 2. The Bertz CT molecular complexity index is 1850. The van der Waals surface area contributed by atoms with E-state index in [0.29, 0.717) is 66.1 Å². The van der Waals surface area contributed by atoms with Gasteiger partial charge in [0, 0.05) is 66.6 Å². The van der Waals surface area contributed by atoms with Crippen molar-refractivity contribution in [1.29, 1.82) is 0 Å². The molecule has 2 aliphatic rings. The van der Waals surface area contributed by atoms with Gasteiger partial charge in [0.15, 0.2) is 11.6 Å². The number of carboxylic acids is 1. The molecular formula is C52H66Cl2F2N2O6. The third kappa shape index (κ3) is 18.5. The van der Waals surface area contributed by atoms with Crippen LogP contribution in [-0.2, 0) is 16.0 Å². The highest BCUT2D eigenvalue weighted by molar-refractivity contribution is 6.30. The smallest absolute Gasteiger partial charge is 0.303 e. The molecule has 0 radical (unpaired) electrons. The molecule has 0 saturated carbocycles. The van der Waals surface area contributed by atoms with Gasteiger partial charge in [0.25, 0.3) is 0 Å². The molecule has 8 nitrogen and oxygen atoms in total. The van der Waals surface area contributed by atoms with E-state index < -0.39 is 17.2 Å². The molecule has 0 atom stereocenters. The van der Waals surface area contributed by atoms with Crippen LogP contribution < -0.4 is 0 Å². The molecule has 2 heterocycles. The van der Waals surface area contributed by atoms with Crippen LogP contribution >= 0.6 is 23.2 Å². The summed E-state index contributed by atoms with van der Waals surface area (Å²) in [5.74, 6) is -1.24. The van der Waals surface area contributed by atoms with Gasteiger partial charge in [-0.05, 0) is 142 Å². The Morgan fingerprint density at radius 3 is 1.20 bits per heavy atom. The molecule has 0 aromatic heterocycles. The number of halogens is 4. The maximum atomic E-state index is 12.9. The molecule has 12 heteroatoms. The van der Waals surface area contributed by atoms with E-state index in [4.69, 9.17) is 28.3 Å². The third-order valence-electron chi connectivity index (χ3n) is 12.2. The first-order valence-electron chi connectivity index (χ1n) is 22.9. The Hall–Kier alpha value is -4.03. The Balaban J connectivity index is 0.000000226. The van der Waals surface area contributed by atoms with Crippen LogP contribution in [0.2, 0.25) is 10.0 Å². The van der Waals surface area contributed by atoms with Gasteiger partial charge >= 0.3 is 5.97 Å². The standard InChI is InChI=1S/2C21H23ClFNO2.C10H20O2/c2*22-18-7-5-17(6-8-18)21(26)11-14-24(15-12-21)13-1-2-20(25)16-3-9-19(23)10-4-16;1-2-3-4-5-6-7-8-9-10(11)12/h2*3-10,26H,1-2,11-15H2;2-9H2,1H3,(H,11,12). The number of carbonyl (C=O) groups is 3. The summed E-state index contributed by atoms with van der Waals surface area (Å²) in [7, 11) is 0. The molecule has 2 saturated heterocycles. The van der Waals surface area contributed by atoms with Crippen molar-refractivity contribution in [2.24, 2.45) is 0 Å². The van der Waals surface area contributed by atoms with Crippen molar-refractivity contribution in [1.82, 2.24) is 9.80 Å². The molecule has 0 spiro atoms. The number of aliphatic hydroxyl groups is 2. The van der Waals surface area contributed by atoms with Crippen LogP contribution in [0.5, 0.6) is 0 Å². The second-order valence-electron chi connectivity index (χ2n) is 17.1. The molecule has 6 rings (SSSR count). The van der Waals surface area contributed by atoms with E-state index >= 15 is 0 Å². The summed E-state index contributed by atoms with van der Waals surface area (Å²) >= 11 is 11.8. The Labute approximate surface area is 388 Å². The zero-order valence-corrected chi connectivity index (χ0v) is 38.8. The van der Waals surface area contributed by atoms with E-state index in [2.05, 4.69) is 16.7 Å². The van der Waals surface area contributed by atoms with Crippen LogP contribution in [0.25, 0.3) is 0 Å². The van der Waals surface area contributed by atoms with Crippen LogP contribution in [0.3, 0.4) is 0 Å². The van der Waals surface area contributed by atoms with E-state index in [9.17, 15) is 33.4 Å². The van der Waals surface area contributed by atoms with Gasteiger partial charge in [0.05, 0.1) is 11.2 Å². The lowest BCUT2D eigenvalue weighted by atomic mass is 9.84. The van der Waals surface area contributed by atoms with Crippen molar-refractivity contribution in [2.75, 3.05) is 39.3 Å². The SMILES string of the molecule is CCCCCCCCCC(=O)O.O=C(CCCN1CCC(O)(c2ccc(Cl)cc2)CC1)c1ccc(F)cc1.O=C(CCCN1CCC(O)(c2ccc(Cl)cc2)CC1)c1ccc(F)cc1. The number of rotatable bonds is 20. The maximum absolute atomic E-state index is 12.9. The van der Waals surface area contributed by atoms with Crippen molar-refractivity contribution >= 4 is 40.7 Å². The van der Waals surface area contributed by atoms with Gasteiger partial charge in [-0.1, -0.05) is 92.9 Å². The third-order valence-corrected chi connectivity index (χ3v) is 12.7. The molecule has 4 aromatic carbocycles. The second kappa shape index (κ2) is 27.4. The highest BCUT2D eigenvalue weighted by Gasteiger charge is 2.35. The Kier molecular flexibility index (Phi) is 22.6. The molecule has 0 aliphatic carbocycles. The number of hydrogen-bond acceptors (Lipinski definition) is 7. The quantitative estimate of drug-likeness (QED) is 0.0592. The van der Waals surface area contributed by atoms with Crippen LogP contribution in [0.1, 0.15) is 141 Å². The van der Waals surface area contributed by atoms with Crippen molar-refractivity contribution in [3.63, 3.8) is 0 Å². The molecule has 348 valence electrons. The van der Waals surface area contributed by atoms with Crippen molar-refractivity contribution < 1.29 is 38.5 Å². The first-order chi connectivity index (χ1) is 30.7. The normalized spacial score (nSPS) is 15.9. The number of carboxylic acid groups (broad SMARTS) is 1. The van der Waals surface area contributed by atoms with Gasteiger partial charge < -0.3 is 25.1 Å². The summed E-state index contributed by atoms with van der Waals surface area (Å²) < 4.78 is 25.8. The predicted octanol–water partition coefficient (Wildman–Crippen LogP) is 12.1. The van der Waals surface area contributed by atoms with E-state index in [0.717, 1.165) is 76.1 Å². The zero-order chi connectivity index (χ0) is 46.4. The van der Waals surface area contributed by atoms with E-state index in [-0.39, 0.29) is 23.2 Å². The van der Waals surface area contributed by atoms with Crippen LogP contribution in [0, 0.1) is 11.6 Å². The maximum Gasteiger partial charge on any atom is 0.303 e. The summed E-state index contributed by atoms with van der Waals surface area (Å²) in [4.78, 5) is 38.9. The van der Waals surface area contributed by atoms with Crippen molar-refractivity contribution in [3.05, 3.63) is 141 Å². The predicted molar refractivity (Wildman–Crippen MR) is 252 cm³/mol. The minimum Gasteiger partial charge on any atom is -0.481 e. The van der Waals surface area contributed by atoms with Gasteiger partial charge in [0.2, 0.25) is 0 Å². The lowest BCUT2D eigenvalue weighted by Gasteiger charge is -2.38. The molecule has 4 aromatic rings. The molecule has 3 N–H and O–H groups in total. The number of Topliss-reactive ketones (excluding diaryl/α,β-unsaturated/α-hetero) is 2. The fourth-order valence-electron chi connectivity index (χ4n) is 8.11. The van der Waals surface area contributed by atoms with Crippen LogP contribution in [-0.4, -0.2) is 81.9 Å². The monoisotopic (exact) mass is 922 g/mol. The molecule has 2 aliphatic heterocycles. The number of carbonyl (C=O) groups excluding carboxylic acids is 2. The average molecular weight is 924 g/mol. The minimum absolute atomic E-state index is 0.0414. The highest BCUT2D eigenvalue weighted by atomic mass is 35.5. The van der Waals surface area contributed by atoms with Gasteiger partial charge in [0.1, 0.15) is 11.6 Å². The summed E-state index contributed by atoms with van der Waals surface area (Å²) in [6.45, 7) is 7.03. The number of piperidine rings is 2. The largest absolute Gasteiger partial charge is 0.481 e. The van der Waals surface area contributed by atoms with E-state index in [1.165, 1.54) is 80.6 Å². The number of hydrogen-bond donors (Lipinski definition) is 3. The fourth-order valence-corrected chi connectivity index (χ4v) is 8.36. The number of benzene rings is 4. The fraction of sp³-hybridized carbons (Fsp3) is 0.481. The van der Waals surface area contributed by atoms with E-state index in [1.54, 1.807) is 0 Å². The first-order valence-corrected chi connectivity index (χ1v) is 23.7. The number of aliphatic carboxylic acids is 1. The van der Waals surface area contributed by atoms with Gasteiger partial charge in [-0.2, -0.15) is 0 Å². The van der Waals surface area contributed by atoms with Crippen LogP contribution in [0.15, 0.2) is 97.1 Å². The van der Waals surface area contributed by atoms with E-state index in [1.807, 2.05) is 48.5 Å². The van der Waals surface area contributed by atoms with Crippen LogP contribution in [0.4, 0.5) is 8.78 Å². The second-order valence-corrected chi connectivity index (χ2v) is 18.0. The Morgan fingerprint density at radius 1 is 0.516 bits per heavy atom. The summed E-state index contributed by atoms with van der Waals surface area (Å²) in [6, 6.07) is 26.2. The zero-order valence-electron chi connectivity index (χ0n) is 37.3. The highest BCUT2D eigenvalue weighted by Crippen LogP contribution is 2.35. The molecular weight excluding hydrogens is 857 g/mol. The topological polar surface area (TPSA) is 118 Å². The summed E-state index contributed by atoms with van der Waals surface area (Å²) in [6.07, 6.45) is 13.7. The molecule has 64 heavy (non-hydrogen) atoms. The summed E-state index contributed by atoms with van der Waals surface area (Å²) in [5.41, 5.74) is 1.33. The molecule has 0 bridgehead atoms. The Morgan fingerprint density at radius 2 is 0.859 bits per heavy atom. The molecule has 0 unspecified atom stereocenters. The van der Waals surface area contributed by atoms with Crippen molar-refractivity contribution in [2.45, 2.75) is 121 Å². The molecule has 2 fully saturated rings. The average Bonchev–Trinajstić information content (AvgIpc) is 3.28. The minimum atomic E-state index is -0.801. The lowest BCUT2D eigenvalue weighted by molar-refractivity contribution is -0.137. The van der Waals surface area contributed by atoms with Crippen molar-refractivity contribution in [3.8, 4) is 0 Å². The summed E-state index contributed by atoms with van der Waals surface area (Å²) in [5, 5.41) is 31.5. The number of likely N-dealkylation sites (tertiary alicyclic amines) is 2. The first kappa shape index (κ1) is 52.6. The van der Waals surface area contributed by atoms with Gasteiger partial charge in [-0.3, -0.25) is 14.4 Å². The number of unbranched alkanes of at least 4 members (excludes halogenated alkanes) is 6. The van der Waals surface area contributed by atoms with Gasteiger partial charge in [-0.15, -0.1) is 0 Å².